The highest BCUT2D eigenvalue weighted by Gasteiger charge is 2.27. The molecule has 0 radical (unpaired) electrons. The lowest BCUT2D eigenvalue weighted by Crippen LogP contribution is -2.32. The van der Waals surface area contributed by atoms with Gasteiger partial charge in [0.25, 0.3) is 11.6 Å². The number of carbonyl (C=O) groups is 2. The Kier molecular flexibility index (Phi) is 7.22. The quantitative estimate of drug-likeness (QED) is 0.383. The summed E-state index contributed by atoms with van der Waals surface area (Å²) in [6.07, 6.45) is -0.734. The molecule has 0 aliphatic rings. The number of rotatable bonds is 7. The number of nitro groups is 1. The van der Waals surface area contributed by atoms with Gasteiger partial charge < -0.3 is 10.1 Å². The van der Waals surface area contributed by atoms with E-state index in [-0.39, 0.29) is 23.2 Å². The molecule has 1 amide bonds. The minimum Gasteiger partial charge on any atom is -0.463 e. The molecule has 2 aromatic rings. The summed E-state index contributed by atoms with van der Waals surface area (Å²) in [6, 6.07) is 8.49. The Morgan fingerprint density at radius 1 is 1.25 bits per heavy atom. The van der Waals surface area contributed by atoms with E-state index in [1.54, 1.807) is 19.9 Å². The Hall–Kier alpha value is -2.81. The van der Waals surface area contributed by atoms with Crippen molar-refractivity contribution in [1.82, 2.24) is 5.32 Å². The molecule has 0 bridgehead atoms. The molecule has 7 nitrogen and oxygen atoms in total. The number of benzene rings is 2. The summed E-state index contributed by atoms with van der Waals surface area (Å²) in [4.78, 5) is 35.5. The highest BCUT2D eigenvalue weighted by Crippen LogP contribution is 2.28. The lowest BCUT2D eigenvalue weighted by atomic mass is 10.0. The predicted octanol–water partition coefficient (Wildman–Crippen LogP) is 4.31. The minimum absolute atomic E-state index is 0.122. The van der Waals surface area contributed by atoms with E-state index in [1.165, 1.54) is 30.3 Å². The Morgan fingerprint density at radius 2 is 1.93 bits per heavy atom. The summed E-state index contributed by atoms with van der Waals surface area (Å²) in [6.45, 7) is 3.32. The van der Waals surface area contributed by atoms with E-state index in [0.29, 0.717) is 4.47 Å². The van der Waals surface area contributed by atoms with Gasteiger partial charge in [-0.15, -0.1) is 0 Å². The third-order valence-electron chi connectivity index (χ3n) is 3.73. The van der Waals surface area contributed by atoms with Crippen LogP contribution in [0.5, 0.6) is 0 Å². The van der Waals surface area contributed by atoms with Gasteiger partial charge in [-0.3, -0.25) is 19.7 Å². The third-order valence-corrected chi connectivity index (χ3v) is 4.22. The molecule has 1 N–H and O–H groups in total. The summed E-state index contributed by atoms with van der Waals surface area (Å²) in [5, 5.41) is 13.9. The summed E-state index contributed by atoms with van der Waals surface area (Å²) < 4.78 is 19.6. The van der Waals surface area contributed by atoms with Gasteiger partial charge in [-0.2, -0.15) is 0 Å². The molecule has 1 atom stereocenters. The SMILES string of the molecule is CC(C)OC(=O)CC(NC(=O)c1cc(Br)ccc1F)c1ccccc1[N+](=O)[O-]. The zero-order valence-electron chi connectivity index (χ0n) is 15.1. The first-order chi connectivity index (χ1) is 13.2. The van der Waals surface area contributed by atoms with Gasteiger partial charge in [0.2, 0.25) is 0 Å². The van der Waals surface area contributed by atoms with Gasteiger partial charge in [0, 0.05) is 10.5 Å². The molecule has 0 aromatic heterocycles. The van der Waals surface area contributed by atoms with Crippen molar-refractivity contribution in [3.63, 3.8) is 0 Å². The van der Waals surface area contributed by atoms with Crippen LogP contribution in [0.25, 0.3) is 0 Å². The lowest BCUT2D eigenvalue weighted by molar-refractivity contribution is -0.385. The van der Waals surface area contributed by atoms with Crippen molar-refractivity contribution in [2.75, 3.05) is 0 Å². The summed E-state index contributed by atoms with van der Waals surface area (Å²) in [5.41, 5.74) is -0.396. The van der Waals surface area contributed by atoms with Crippen molar-refractivity contribution >= 4 is 33.5 Å². The molecule has 0 saturated carbocycles. The van der Waals surface area contributed by atoms with Gasteiger partial charge in [0.1, 0.15) is 5.82 Å². The van der Waals surface area contributed by atoms with Gasteiger partial charge in [0.15, 0.2) is 0 Å². The number of amides is 1. The average Bonchev–Trinajstić information content (AvgIpc) is 2.62. The average molecular weight is 453 g/mol. The zero-order valence-corrected chi connectivity index (χ0v) is 16.7. The topological polar surface area (TPSA) is 98.5 Å². The highest BCUT2D eigenvalue weighted by molar-refractivity contribution is 9.10. The molecule has 0 aliphatic heterocycles. The van der Waals surface area contributed by atoms with Crippen molar-refractivity contribution in [2.45, 2.75) is 32.4 Å². The number of nitro benzene ring substituents is 1. The Balaban J connectivity index is 2.38. The first-order valence-corrected chi connectivity index (χ1v) is 9.17. The molecule has 148 valence electrons. The van der Waals surface area contributed by atoms with E-state index in [4.69, 9.17) is 4.74 Å². The second kappa shape index (κ2) is 9.41. The number of nitrogens with one attached hydrogen (secondary N) is 1. The normalized spacial score (nSPS) is 11.8. The van der Waals surface area contributed by atoms with Gasteiger partial charge in [-0.25, -0.2) is 4.39 Å². The monoisotopic (exact) mass is 452 g/mol. The Labute approximate surface area is 169 Å². The van der Waals surface area contributed by atoms with Crippen LogP contribution in [-0.4, -0.2) is 22.9 Å². The van der Waals surface area contributed by atoms with Gasteiger partial charge in [-0.05, 0) is 32.0 Å². The zero-order chi connectivity index (χ0) is 20.8. The van der Waals surface area contributed by atoms with Crippen molar-refractivity contribution in [3.8, 4) is 0 Å². The molecule has 2 rings (SSSR count). The Morgan fingerprint density at radius 3 is 2.57 bits per heavy atom. The van der Waals surface area contributed by atoms with Crippen LogP contribution in [-0.2, 0) is 9.53 Å². The first-order valence-electron chi connectivity index (χ1n) is 8.37. The number of para-hydroxylation sites is 1. The summed E-state index contributed by atoms with van der Waals surface area (Å²) >= 11 is 3.16. The predicted molar refractivity (Wildman–Crippen MR) is 103 cm³/mol. The standard InChI is InChI=1S/C19H18BrFN2O5/c1-11(2)28-18(24)10-16(13-5-3-4-6-17(13)23(26)27)22-19(25)14-9-12(20)7-8-15(14)21/h3-9,11,16H,10H2,1-2H3,(H,22,25). The molecule has 9 heteroatoms. The number of nitrogens with zero attached hydrogens (tertiary/aromatic N) is 1. The Bertz CT molecular complexity index is 904. The van der Waals surface area contributed by atoms with Crippen LogP contribution >= 0.6 is 15.9 Å². The largest absolute Gasteiger partial charge is 0.463 e. The van der Waals surface area contributed by atoms with Crippen LogP contribution in [0.1, 0.15) is 42.2 Å². The number of carbonyl (C=O) groups excluding carboxylic acids is 2. The van der Waals surface area contributed by atoms with E-state index in [2.05, 4.69) is 21.2 Å². The molecule has 0 spiro atoms. The van der Waals surface area contributed by atoms with Gasteiger partial charge >= 0.3 is 5.97 Å². The fraction of sp³-hybridized carbons (Fsp3) is 0.263. The summed E-state index contributed by atoms with van der Waals surface area (Å²) in [5.74, 6) is -2.21. The van der Waals surface area contributed by atoms with Gasteiger partial charge in [0.05, 0.1) is 34.6 Å². The van der Waals surface area contributed by atoms with Crippen LogP contribution in [0, 0.1) is 15.9 Å². The van der Waals surface area contributed by atoms with E-state index >= 15 is 0 Å². The minimum atomic E-state index is -1.07. The second-order valence-electron chi connectivity index (χ2n) is 6.21. The molecule has 0 aliphatic carbocycles. The lowest BCUT2D eigenvalue weighted by Gasteiger charge is -2.19. The second-order valence-corrected chi connectivity index (χ2v) is 7.12. The third kappa shape index (κ3) is 5.59. The fourth-order valence-corrected chi connectivity index (χ4v) is 2.93. The van der Waals surface area contributed by atoms with Crippen LogP contribution < -0.4 is 5.32 Å². The molecular weight excluding hydrogens is 435 g/mol. The number of esters is 1. The molecular formula is C19H18BrFN2O5. The van der Waals surface area contributed by atoms with Crippen LogP contribution in [0.4, 0.5) is 10.1 Å². The molecule has 2 aromatic carbocycles. The number of halogens is 2. The molecule has 28 heavy (non-hydrogen) atoms. The van der Waals surface area contributed by atoms with Crippen LogP contribution in [0.2, 0.25) is 0 Å². The number of hydrogen-bond donors (Lipinski definition) is 1. The van der Waals surface area contributed by atoms with E-state index in [1.807, 2.05) is 0 Å². The molecule has 1 unspecified atom stereocenters. The molecule has 0 fully saturated rings. The van der Waals surface area contributed by atoms with E-state index in [9.17, 15) is 24.1 Å². The van der Waals surface area contributed by atoms with Crippen molar-refractivity contribution < 1.29 is 23.6 Å². The highest BCUT2D eigenvalue weighted by atomic mass is 79.9. The molecule has 0 saturated heterocycles. The summed E-state index contributed by atoms with van der Waals surface area (Å²) in [7, 11) is 0. The van der Waals surface area contributed by atoms with Crippen LogP contribution in [0.3, 0.4) is 0 Å². The first kappa shape index (κ1) is 21.5. The number of hydrogen-bond acceptors (Lipinski definition) is 5. The van der Waals surface area contributed by atoms with E-state index < -0.39 is 34.8 Å². The molecule has 0 heterocycles. The fourth-order valence-electron chi connectivity index (χ4n) is 2.57. The van der Waals surface area contributed by atoms with Crippen molar-refractivity contribution in [1.29, 1.82) is 0 Å². The van der Waals surface area contributed by atoms with Gasteiger partial charge in [-0.1, -0.05) is 34.1 Å². The number of ether oxygens (including phenoxy) is 1. The maximum absolute atomic E-state index is 14.0. The van der Waals surface area contributed by atoms with E-state index in [0.717, 1.165) is 6.07 Å². The van der Waals surface area contributed by atoms with Crippen LogP contribution in [0.15, 0.2) is 46.9 Å². The van der Waals surface area contributed by atoms with Crippen molar-refractivity contribution in [2.24, 2.45) is 0 Å². The maximum atomic E-state index is 14.0. The van der Waals surface area contributed by atoms with Crippen molar-refractivity contribution in [3.05, 3.63) is 74.0 Å². The maximum Gasteiger partial charge on any atom is 0.308 e. The smallest absolute Gasteiger partial charge is 0.308 e.